The fraction of sp³-hybridized carbons (Fsp3) is 0.700. The first-order chi connectivity index (χ1) is 15.8. The Morgan fingerprint density at radius 3 is 2.74 bits per heavy atom. The molecule has 2 aromatic rings. The van der Waals surface area contributed by atoms with Crippen molar-refractivity contribution >= 4 is 30.5 Å². The minimum Gasteiger partial charge on any atom is -0.462 e. The number of nitrogens with one attached hydrogen (secondary N) is 1. The van der Waals surface area contributed by atoms with E-state index in [4.69, 9.17) is 19.7 Å². The molecule has 0 radical (unpaired) electrons. The molecule has 0 amide bonds. The fourth-order valence-corrected chi connectivity index (χ4v) is 5.05. The zero-order valence-corrected chi connectivity index (χ0v) is 21.0. The molecule has 0 spiro atoms. The van der Waals surface area contributed by atoms with Crippen molar-refractivity contribution in [2.24, 2.45) is 5.41 Å². The lowest BCUT2D eigenvalue weighted by Crippen LogP contribution is -2.41. The van der Waals surface area contributed by atoms with Crippen LogP contribution in [-0.4, -0.2) is 74.9 Å². The quantitative estimate of drug-likeness (QED) is 0.338. The number of ether oxygens (including phenoxy) is 2. The number of alkyl halides is 1. The highest BCUT2D eigenvalue weighted by atomic mass is 31.2. The van der Waals surface area contributed by atoms with Crippen LogP contribution in [0.1, 0.15) is 39.7 Å². The summed E-state index contributed by atoms with van der Waals surface area (Å²) < 4.78 is 46.5. The lowest BCUT2D eigenvalue weighted by atomic mass is 9.82. The Kier molecular flexibility index (Phi) is 7.63. The molecule has 0 aliphatic carbocycles. The first-order valence-electron chi connectivity index (χ1n) is 10.9. The Hall–Kier alpha value is -2.18. The molecule has 0 aromatic carbocycles. The molecule has 3 rings (SSSR count). The van der Waals surface area contributed by atoms with E-state index >= 15 is 4.39 Å². The van der Waals surface area contributed by atoms with E-state index in [2.05, 4.69) is 20.0 Å². The lowest BCUT2D eigenvalue weighted by Gasteiger charge is -2.30. The Labute approximate surface area is 196 Å². The fourth-order valence-electron chi connectivity index (χ4n) is 3.75. The molecule has 3 heterocycles. The van der Waals surface area contributed by atoms with Gasteiger partial charge in [0.1, 0.15) is 17.4 Å². The van der Waals surface area contributed by atoms with Crippen LogP contribution in [0.2, 0.25) is 0 Å². The number of halogens is 1. The summed E-state index contributed by atoms with van der Waals surface area (Å²) in [4.78, 5) is 24.5. The van der Waals surface area contributed by atoms with E-state index in [0.29, 0.717) is 17.0 Å². The minimum absolute atomic E-state index is 0.155. The highest BCUT2D eigenvalue weighted by molar-refractivity contribution is 7.56. The molecule has 1 fully saturated rings. The van der Waals surface area contributed by atoms with E-state index in [1.807, 2.05) is 0 Å². The lowest BCUT2D eigenvalue weighted by molar-refractivity contribution is -0.149. The Morgan fingerprint density at radius 1 is 1.44 bits per heavy atom. The molecule has 0 bridgehead atoms. The van der Waals surface area contributed by atoms with Crippen LogP contribution in [0.4, 0.5) is 10.2 Å². The SMILES string of the molecule is Cc1nc(N)c2ncn([C@@H]3O[C@H](COP(C)(=O)N[C@@H](C)C(=O)OC(C)C)[C@](C)(CO)C3F)c2n1. The predicted molar refractivity (Wildman–Crippen MR) is 122 cm³/mol. The summed E-state index contributed by atoms with van der Waals surface area (Å²) in [5.41, 5.74) is 5.12. The van der Waals surface area contributed by atoms with Gasteiger partial charge in [-0.2, -0.15) is 0 Å². The van der Waals surface area contributed by atoms with Gasteiger partial charge in [-0.25, -0.2) is 24.4 Å². The maximum absolute atomic E-state index is 15.6. The summed E-state index contributed by atoms with van der Waals surface area (Å²) in [7, 11) is -3.51. The van der Waals surface area contributed by atoms with Gasteiger partial charge in [-0.3, -0.25) is 13.9 Å². The number of aromatic nitrogens is 4. The molecule has 0 saturated carbocycles. The van der Waals surface area contributed by atoms with Gasteiger partial charge >= 0.3 is 5.97 Å². The topological polar surface area (TPSA) is 164 Å². The zero-order valence-electron chi connectivity index (χ0n) is 20.1. The van der Waals surface area contributed by atoms with Crippen molar-refractivity contribution in [1.29, 1.82) is 0 Å². The Morgan fingerprint density at radius 2 is 2.12 bits per heavy atom. The molecule has 190 valence electrons. The number of hydrogen-bond acceptors (Lipinski definition) is 10. The van der Waals surface area contributed by atoms with Crippen LogP contribution < -0.4 is 10.8 Å². The summed E-state index contributed by atoms with van der Waals surface area (Å²) in [5.74, 6) is -0.0407. The maximum Gasteiger partial charge on any atom is 0.323 e. The van der Waals surface area contributed by atoms with E-state index in [0.717, 1.165) is 0 Å². The third-order valence-corrected chi connectivity index (χ3v) is 7.20. The van der Waals surface area contributed by atoms with E-state index in [1.165, 1.54) is 31.4 Å². The van der Waals surface area contributed by atoms with E-state index in [1.54, 1.807) is 20.8 Å². The van der Waals surface area contributed by atoms with Gasteiger partial charge in [-0.05, 0) is 27.7 Å². The first-order valence-corrected chi connectivity index (χ1v) is 12.9. The second kappa shape index (κ2) is 9.82. The summed E-state index contributed by atoms with van der Waals surface area (Å²) in [6.45, 7) is 8.51. The van der Waals surface area contributed by atoms with Gasteiger partial charge < -0.3 is 24.8 Å². The second-order valence-electron chi connectivity index (χ2n) is 9.04. The number of aryl methyl sites for hydroxylation is 1. The third-order valence-electron chi connectivity index (χ3n) is 5.70. The van der Waals surface area contributed by atoms with Crippen molar-refractivity contribution in [3.63, 3.8) is 0 Å². The molecule has 2 aromatic heterocycles. The Balaban J connectivity index is 1.77. The number of aliphatic hydroxyl groups is 1. The van der Waals surface area contributed by atoms with Crippen LogP contribution in [0.25, 0.3) is 11.2 Å². The number of imidazole rings is 1. The molecule has 6 atom stereocenters. The van der Waals surface area contributed by atoms with E-state index < -0.39 is 50.1 Å². The summed E-state index contributed by atoms with van der Waals surface area (Å²) in [6.07, 6.45) is -2.81. The van der Waals surface area contributed by atoms with Gasteiger partial charge in [0.2, 0.25) is 0 Å². The zero-order chi connectivity index (χ0) is 25.4. The van der Waals surface area contributed by atoms with Crippen molar-refractivity contribution in [3.05, 3.63) is 12.2 Å². The highest BCUT2D eigenvalue weighted by Gasteiger charge is 2.55. The second-order valence-corrected chi connectivity index (χ2v) is 11.2. The standard InChI is InChI=1S/C20H32FN6O6P/c1-10(2)32-19(29)11(3)26-34(6,30)31-7-13-20(5,8-28)15(21)18(33-13)27-9-23-14-16(22)24-12(4)25-17(14)27/h9-11,13,15,18,28H,7-8H2,1-6H3,(H,26,30)(H2,22,24,25)/t11-,13+,15?,18+,20-,34?/m0/s1. The van der Waals surface area contributed by atoms with Gasteiger partial charge in [0.25, 0.3) is 7.52 Å². The van der Waals surface area contributed by atoms with Crippen LogP contribution in [0.15, 0.2) is 6.33 Å². The van der Waals surface area contributed by atoms with E-state index in [-0.39, 0.29) is 18.5 Å². The predicted octanol–water partition coefficient (Wildman–Crippen LogP) is 1.72. The van der Waals surface area contributed by atoms with Crippen LogP contribution in [0.3, 0.4) is 0 Å². The number of hydrogen-bond donors (Lipinski definition) is 3. The normalized spacial score (nSPS) is 27.7. The monoisotopic (exact) mass is 502 g/mol. The van der Waals surface area contributed by atoms with Gasteiger partial charge in [-0.15, -0.1) is 0 Å². The van der Waals surface area contributed by atoms with Crippen LogP contribution >= 0.6 is 7.52 Å². The minimum atomic E-state index is -3.51. The van der Waals surface area contributed by atoms with Crippen LogP contribution in [-0.2, 0) is 23.4 Å². The Bertz CT molecular complexity index is 1100. The van der Waals surface area contributed by atoms with Gasteiger partial charge in [0.15, 0.2) is 23.9 Å². The molecule has 12 nitrogen and oxygen atoms in total. The van der Waals surface area contributed by atoms with Crippen molar-refractivity contribution in [2.75, 3.05) is 25.6 Å². The van der Waals surface area contributed by atoms with Gasteiger partial charge in [-0.1, -0.05) is 6.92 Å². The number of carbonyl (C=O) groups is 1. The molecular weight excluding hydrogens is 470 g/mol. The van der Waals surface area contributed by atoms with Gasteiger partial charge in [0.05, 0.1) is 37.2 Å². The first kappa shape index (κ1) is 26.4. The van der Waals surface area contributed by atoms with E-state index in [9.17, 15) is 14.5 Å². The van der Waals surface area contributed by atoms with Crippen molar-refractivity contribution < 1.29 is 32.9 Å². The number of nitrogen functional groups attached to an aromatic ring is 1. The highest BCUT2D eigenvalue weighted by Crippen LogP contribution is 2.48. The molecule has 2 unspecified atom stereocenters. The smallest absolute Gasteiger partial charge is 0.323 e. The van der Waals surface area contributed by atoms with Crippen LogP contribution in [0.5, 0.6) is 0 Å². The molecule has 14 heteroatoms. The van der Waals surface area contributed by atoms with Crippen molar-refractivity contribution in [3.8, 4) is 0 Å². The summed E-state index contributed by atoms with van der Waals surface area (Å²) >= 11 is 0. The molecule has 1 aliphatic rings. The van der Waals surface area contributed by atoms with Crippen molar-refractivity contribution in [2.45, 2.75) is 65.3 Å². The number of carbonyl (C=O) groups excluding carboxylic acids is 1. The average Bonchev–Trinajstić information content (AvgIpc) is 3.25. The third kappa shape index (κ3) is 5.23. The number of rotatable bonds is 9. The average molecular weight is 502 g/mol. The number of anilines is 1. The molecule has 4 N–H and O–H groups in total. The number of fused-ring (bicyclic) bond motifs is 1. The molecular formula is C20H32FN6O6P. The summed E-state index contributed by atoms with van der Waals surface area (Å²) in [5, 5.41) is 12.6. The summed E-state index contributed by atoms with van der Waals surface area (Å²) in [6, 6.07) is -0.890. The van der Waals surface area contributed by atoms with Crippen LogP contribution in [0, 0.1) is 12.3 Å². The largest absolute Gasteiger partial charge is 0.462 e. The maximum atomic E-state index is 15.6. The number of esters is 1. The molecule has 1 saturated heterocycles. The van der Waals surface area contributed by atoms with Gasteiger partial charge in [0, 0.05) is 6.66 Å². The molecule has 34 heavy (non-hydrogen) atoms. The van der Waals surface area contributed by atoms with Crippen molar-refractivity contribution in [1.82, 2.24) is 24.6 Å². The number of aliphatic hydroxyl groups excluding tert-OH is 1. The number of nitrogens with two attached hydrogens (primary N) is 1. The number of nitrogens with zero attached hydrogens (tertiary/aromatic N) is 4. The molecule has 1 aliphatic heterocycles.